The van der Waals surface area contributed by atoms with E-state index in [-0.39, 0.29) is 11.2 Å². The van der Waals surface area contributed by atoms with Gasteiger partial charge in [0.25, 0.3) is 0 Å². The van der Waals surface area contributed by atoms with Crippen molar-refractivity contribution in [3.63, 3.8) is 0 Å². The highest BCUT2D eigenvalue weighted by Gasteiger charge is 2.20. The van der Waals surface area contributed by atoms with Crippen LogP contribution in [0.1, 0.15) is 19.3 Å². The summed E-state index contributed by atoms with van der Waals surface area (Å²) in [5.41, 5.74) is 6.34. The summed E-state index contributed by atoms with van der Waals surface area (Å²) in [6.45, 7) is 0.997. The minimum absolute atomic E-state index is 0.126. The molecule has 1 atom stereocenters. The molecule has 3 N–H and O–H groups in total. The van der Waals surface area contributed by atoms with Gasteiger partial charge in [-0.25, -0.2) is 0 Å². The molecule has 0 radical (unpaired) electrons. The maximum Gasteiger partial charge on any atom is 0.233 e. The number of carbonyl (C=O) groups is 1. The van der Waals surface area contributed by atoms with Crippen LogP contribution in [0.2, 0.25) is 0 Å². The van der Waals surface area contributed by atoms with Crippen molar-refractivity contribution in [2.45, 2.75) is 24.5 Å². The topological polar surface area (TPSA) is 64.3 Å². The van der Waals surface area contributed by atoms with Crippen molar-refractivity contribution in [1.29, 1.82) is 0 Å². The van der Waals surface area contributed by atoms with Gasteiger partial charge in [-0.1, -0.05) is 12.5 Å². The predicted octanol–water partition coefficient (Wildman–Crippen LogP) is 2.05. The van der Waals surface area contributed by atoms with Crippen LogP contribution in [0.4, 0.5) is 5.69 Å². The summed E-state index contributed by atoms with van der Waals surface area (Å²) in [6, 6.07) is 7.30. The molecule has 1 aromatic carbocycles. The Morgan fingerprint density at radius 2 is 2.37 bits per heavy atom. The average molecular weight is 280 g/mol. The van der Waals surface area contributed by atoms with Gasteiger partial charge in [-0.2, -0.15) is 0 Å². The highest BCUT2D eigenvalue weighted by atomic mass is 32.2. The predicted molar refractivity (Wildman–Crippen MR) is 79.5 cm³/mol. The van der Waals surface area contributed by atoms with Crippen LogP contribution in [0.5, 0.6) is 5.75 Å². The number of nitrogens with two attached hydrogens (primary N) is 1. The summed E-state index contributed by atoms with van der Waals surface area (Å²) in [4.78, 5) is 11.9. The standard InChI is InChI=1S/C14H20N2O2S/c15-11-4-3-5-12(10-11)18-8-7-16-14(17)13-6-1-2-9-19-13/h3-5,10,13H,1-2,6-9,15H2,(H,16,17). The van der Waals surface area contributed by atoms with Crippen molar-refractivity contribution in [2.75, 3.05) is 24.6 Å². The fraction of sp³-hybridized carbons (Fsp3) is 0.500. The molecular weight excluding hydrogens is 260 g/mol. The van der Waals surface area contributed by atoms with E-state index in [4.69, 9.17) is 10.5 Å². The lowest BCUT2D eigenvalue weighted by atomic mass is 10.2. The van der Waals surface area contributed by atoms with Gasteiger partial charge < -0.3 is 15.8 Å². The van der Waals surface area contributed by atoms with E-state index in [0.29, 0.717) is 18.8 Å². The maximum atomic E-state index is 11.9. The fourth-order valence-electron chi connectivity index (χ4n) is 2.01. The zero-order valence-electron chi connectivity index (χ0n) is 10.9. The summed E-state index contributed by atoms with van der Waals surface area (Å²) in [5.74, 6) is 1.97. The maximum absolute atomic E-state index is 11.9. The van der Waals surface area contributed by atoms with Crippen molar-refractivity contribution in [3.8, 4) is 5.75 Å². The largest absolute Gasteiger partial charge is 0.492 e. The van der Waals surface area contributed by atoms with E-state index in [1.54, 1.807) is 17.8 Å². The molecule has 0 bridgehead atoms. The number of rotatable bonds is 5. The number of nitrogen functional groups attached to an aromatic ring is 1. The molecule has 0 aliphatic carbocycles. The van der Waals surface area contributed by atoms with Gasteiger partial charge in [0.2, 0.25) is 5.91 Å². The first-order valence-corrected chi connectivity index (χ1v) is 7.68. The zero-order chi connectivity index (χ0) is 13.5. The van der Waals surface area contributed by atoms with Gasteiger partial charge in [0, 0.05) is 11.8 Å². The zero-order valence-corrected chi connectivity index (χ0v) is 11.7. The van der Waals surface area contributed by atoms with Gasteiger partial charge in [0.1, 0.15) is 12.4 Å². The van der Waals surface area contributed by atoms with Crippen molar-refractivity contribution >= 4 is 23.4 Å². The Morgan fingerprint density at radius 3 is 3.11 bits per heavy atom. The molecule has 104 valence electrons. The second-order valence-electron chi connectivity index (χ2n) is 4.57. The Balaban J connectivity index is 1.65. The summed E-state index contributed by atoms with van der Waals surface area (Å²) >= 11 is 1.76. The number of amides is 1. The number of ether oxygens (including phenoxy) is 1. The van der Waals surface area contributed by atoms with Gasteiger partial charge in [0.15, 0.2) is 0 Å². The van der Waals surface area contributed by atoms with Crippen molar-refractivity contribution < 1.29 is 9.53 Å². The van der Waals surface area contributed by atoms with Crippen LogP contribution >= 0.6 is 11.8 Å². The van der Waals surface area contributed by atoms with E-state index in [1.807, 2.05) is 18.2 Å². The molecule has 1 unspecified atom stereocenters. The molecule has 19 heavy (non-hydrogen) atoms. The van der Waals surface area contributed by atoms with E-state index in [9.17, 15) is 4.79 Å². The number of thioether (sulfide) groups is 1. The molecule has 1 aliphatic rings. The van der Waals surface area contributed by atoms with E-state index in [2.05, 4.69) is 5.32 Å². The van der Waals surface area contributed by atoms with Crippen LogP contribution in [0.3, 0.4) is 0 Å². The third-order valence-corrected chi connectivity index (χ3v) is 4.38. The first kappa shape index (κ1) is 14.1. The Bertz CT molecular complexity index is 420. The quantitative estimate of drug-likeness (QED) is 0.640. The molecular formula is C14H20N2O2S. The number of anilines is 1. The summed E-state index contributed by atoms with van der Waals surface area (Å²) < 4.78 is 5.52. The van der Waals surface area contributed by atoms with Gasteiger partial charge in [-0.3, -0.25) is 4.79 Å². The van der Waals surface area contributed by atoms with E-state index in [1.165, 1.54) is 6.42 Å². The molecule has 1 fully saturated rings. The summed E-state index contributed by atoms with van der Waals surface area (Å²) in [7, 11) is 0. The number of carbonyl (C=O) groups excluding carboxylic acids is 1. The van der Waals surface area contributed by atoms with Crippen molar-refractivity contribution in [3.05, 3.63) is 24.3 Å². The molecule has 5 heteroatoms. The van der Waals surface area contributed by atoms with E-state index in [0.717, 1.165) is 24.3 Å². The molecule has 0 saturated carbocycles. The molecule has 4 nitrogen and oxygen atoms in total. The molecule has 1 aromatic rings. The van der Waals surface area contributed by atoms with Crippen LogP contribution in [0.15, 0.2) is 24.3 Å². The van der Waals surface area contributed by atoms with Crippen LogP contribution in [0, 0.1) is 0 Å². The van der Waals surface area contributed by atoms with Crippen LogP contribution in [-0.2, 0) is 4.79 Å². The number of benzene rings is 1. The third kappa shape index (κ3) is 4.67. The Labute approximate surface area is 118 Å². The normalized spacial score (nSPS) is 18.8. The second-order valence-corrected chi connectivity index (χ2v) is 5.88. The highest BCUT2D eigenvalue weighted by Crippen LogP contribution is 2.24. The van der Waals surface area contributed by atoms with Gasteiger partial charge in [-0.05, 0) is 30.7 Å². The SMILES string of the molecule is Nc1cccc(OCCNC(=O)C2CCCCS2)c1. The minimum Gasteiger partial charge on any atom is -0.492 e. The van der Waals surface area contributed by atoms with Crippen LogP contribution < -0.4 is 15.8 Å². The van der Waals surface area contributed by atoms with Gasteiger partial charge in [0.05, 0.1) is 11.8 Å². The van der Waals surface area contributed by atoms with Crippen LogP contribution in [0.25, 0.3) is 0 Å². The van der Waals surface area contributed by atoms with Gasteiger partial charge >= 0.3 is 0 Å². The van der Waals surface area contributed by atoms with Gasteiger partial charge in [-0.15, -0.1) is 11.8 Å². The van der Waals surface area contributed by atoms with Crippen molar-refractivity contribution in [2.24, 2.45) is 0 Å². The lowest BCUT2D eigenvalue weighted by molar-refractivity contribution is -0.120. The number of nitrogens with one attached hydrogen (secondary N) is 1. The van der Waals surface area contributed by atoms with Crippen LogP contribution in [-0.4, -0.2) is 30.1 Å². The van der Waals surface area contributed by atoms with E-state index >= 15 is 0 Å². The first-order chi connectivity index (χ1) is 9.25. The number of hydrogen-bond donors (Lipinski definition) is 2. The highest BCUT2D eigenvalue weighted by molar-refractivity contribution is 8.00. The number of hydrogen-bond acceptors (Lipinski definition) is 4. The monoisotopic (exact) mass is 280 g/mol. The average Bonchev–Trinajstić information content (AvgIpc) is 2.44. The molecule has 1 amide bonds. The Kier molecular flexibility index (Phi) is 5.39. The summed E-state index contributed by atoms with van der Waals surface area (Å²) in [6.07, 6.45) is 3.38. The van der Waals surface area contributed by atoms with Crippen molar-refractivity contribution in [1.82, 2.24) is 5.32 Å². The van der Waals surface area contributed by atoms with E-state index < -0.39 is 0 Å². The molecule has 1 aliphatic heterocycles. The Morgan fingerprint density at radius 1 is 1.47 bits per heavy atom. The third-order valence-electron chi connectivity index (χ3n) is 3.00. The smallest absolute Gasteiger partial charge is 0.233 e. The molecule has 1 heterocycles. The minimum atomic E-state index is 0.126. The first-order valence-electron chi connectivity index (χ1n) is 6.63. The molecule has 0 aromatic heterocycles. The lowest BCUT2D eigenvalue weighted by Gasteiger charge is -2.20. The molecule has 0 spiro atoms. The molecule has 2 rings (SSSR count). The second kappa shape index (κ2) is 7.28. The lowest BCUT2D eigenvalue weighted by Crippen LogP contribution is -2.36. The molecule has 1 saturated heterocycles. The summed E-state index contributed by atoms with van der Waals surface area (Å²) in [5, 5.41) is 3.05. The fourth-order valence-corrected chi connectivity index (χ4v) is 3.23. The Hall–Kier alpha value is -1.36.